The lowest BCUT2D eigenvalue weighted by Gasteiger charge is -2.29. The molecule has 7 nitrogen and oxygen atoms in total. The summed E-state index contributed by atoms with van der Waals surface area (Å²) in [4.78, 5) is 26.8. The van der Waals surface area contributed by atoms with Crippen LogP contribution >= 0.6 is 23.1 Å². The first-order chi connectivity index (χ1) is 13.4. The van der Waals surface area contributed by atoms with E-state index in [1.165, 1.54) is 17.3 Å². The van der Waals surface area contributed by atoms with Gasteiger partial charge in [0.25, 0.3) is 0 Å². The number of anilines is 1. The van der Waals surface area contributed by atoms with E-state index < -0.39 is 0 Å². The van der Waals surface area contributed by atoms with Gasteiger partial charge >= 0.3 is 0 Å². The van der Waals surface area contributed by atoms with E-state index in [2.05, 4.69) is 51.4 Å². The van der Waals surface area contributed by atoms with E-state index in [9.17, 15) is 9.59 Å². The predicted octanol–water partition coefficient (Wildman–Crippen LogP) is 3.30. The van der Waals surface area contributed by atoms with E-state index >= 15 is 0 Å². The zero-order valence-electron chi connectivity index (χ0n) is 16.7. The summed E-state index contributed by atoms with van der Waals surface area (Å²) < 4.78 is 4.93. The molecule has 9 heteroatoms. The van der Waals surface area contributed by atoms with Gasteiger partial charge in [0.2, 0.25) is 11.8 Å². The summed E-state index contributed by atoms with van der Waals surface area (Å²) in [6.07, 6.45) is 0. The number of rotatable bonds is 11. The van der Waals surface area contributed by atoms with Crippen LogP contribution < -0.4 is 10.6 Å². The summed E-state index contributed by atoms with van der Waals surface area (Å²) in [5.41, 5.74) is 1.22. The molecule has 0 aliphatic rings. The number of amides is 2. The Labute approximate surface area is 174 Å². The molecule has 0 saturated carbocycles. The largest absolute Gasteiger partial charge is 0.360 e. The molecule has 2 heterocycles. The summed E-state index contributed by atoms with van der Waals surface area (Å²) in [6, 6.07) is 3.91. The first-order valence-corrected chi connectivity index (χ1v) is 11.3. The monoisotopic (exact) mass is 424 g/mol. The van der Waals surface area contributed by atoms with Crippen LogP contribution in [0.5, 0.6) is 0 Å². The van der Waals surface area contributed by atoms with Gasteiger partial charge in [0.05, 0.1) is 17.0 Å². The number of carbonyl (C=O) groups excluding carboxylic acids is 2. The van der Waals surface area contributed by atoms with E-state index in [-0.39, 0.29) is 28.9 Å². The van der Waals surface area contributed by atoms with Gasteiger partial charge in [-0.1, -0.05) is 19.0 Å². The summed E-state index contributed by atoms with van der Waals surface area (Å²) in [7, 11) is 0. The Balaban J connectivity index is 1.79. The number of hydrogen-bond acceptors (Lipinski definition) is 7. The first kappa shape index (κ1) is 22.4. The van der Waals surface area contributed by atoms with E-state index in [1.54, 1.807) is 31.3 Å². The van der Waals surface area contributed by atoms with Crippen LogP contribution in [0.25, 0.3) is 0 Å². The van der Waals surface area contributed by atoms with Crippen molar-refractivity contribution in [1.29, 1.82) is 0 Å². The van der Waals surface area contributed by atoms with Gasteiger partial charge in [-0.15, -0.1) is 11.8 Å². The highest BCUT2D eigenvalue weighted by atomic mass is 32.2. The second-order valence-electron chi connectivity index (χ2n) is 6.36. The molecule has 2 amide bonds. The average Bonchev–Trinajstić information content (AvgIpc) is 3.35. The highest BCUT2D eigenvalue weighted by molar-refractivity contribution is 8.01. The Morgan fingerprint density at radius 2 is 2.11 bits per heavy atom. The van der Waals surface area contributed by atoms with Crippen LogP contribution in [0.15, 0.2) is 27.4 Å². The minimum atomic E-state index is -0.377. The van der Waals surface area contributed by atoms with Crippen LogP contribution in [0, 0.1) is 6.92 Å². The molecule has 2 aromatic heterocycles. The Hall–Kier alpha value is -1.84. The van der Waals surface area contributed by atoms with Crippen LogP contribution in [0.2, 0.25) is 0 Å². The second-order valence-corrected chi connectivity index (χ2v) is 8.47. The predicted molar refractivity (Wildman–Crippen MR) is 115 cm³/mol. The lowest BCUT2D eigenvalue weighted by Crippen LogP contribution is -2.38. The Bertz CT molecular complexity index is 744. The van der Waals surface area contributed by atoms with Gasteiger partial charge < -0.3 is 15.2 Å². The van der Waals surface area contributed by atoms with E-state index in [0.717, 1.165) is 13.1 Å². The highest BCUT2D eigenvalue weighted by Crippen LogP contribution is 2.22. The van der Waals surface area contributed by atoms with E-state index in [1.807, 2.05) is 0 Å². The third-order valence-corrected chi connectivity index (χ3v) is 6.23. The summed E-state index contributed by atoms with van der Waals surface area (Å²) in [5.74, 6) is 0.960. The topological polar surface area (TPSA) is 87.5 Å². The molecular weight excluding hydrogens is 396 g/mol. The first-order valence-electron chi connectivity index (χ1n) is 9.33. The number of hydrogen-bond donors (Lipinski definition) is 2. The van der Waals surface area contributed by atoms with Crippen molar-refractivity contribution < 1.29 is 14.1 Å². The summed E-state index contributed by atoms with van der Waals surface area (Å²) in [6.45, 7) is 10.2. The molecule has 0 spiro atoms. The molecule has 0 fully saturated rings. The van der Waals surface area contributed by atoms with Crippen molar-refractivity contribution in [2.24, 2.45) is 0 Å². The van der Waals surface area contributed by atoms with E-state index in [0.29, 0.717) is 18.1 Å². The Morgan fingerprint density at radius 1 is 1.36 bits per heavy atom. The molecule has 0 aromatic carbocycles. The minimum Gasteiger partial charge on any atom is -0.360 e. The van der Waals surface area contributed by atoms with Crippen molar-refractivity contribution in [3.63, 3.8) is 0 Å². The van der Waals surface area contributed by atoms with Crippen molar-refractivity contribution >= 4 is 40.7 Å². The van der Waals surface area contributed by atoms with Crippen LogP contribution in [-0.4, -0.2) is 52.5 Å². The molecule has 2 N–H and O–H groups in total. The molecule has 2 unspecified atom stereocenters. The quantitative estimate of drug-likeness (QED) is 0.575. The average molecular weight is 425 g/mol. The number of thioether (sulfide) groups is 1. The van der Waals surface area contributed by atoms with Crippen LogP contribution in [0.1, 0.15) is 38.1 Å². The Morgan fingerprint density at radius 3 is 2.68 bits per heavy atom. The number of nitrogens with zero attached hydrogens (tertiary/aromatic N) is 2. The fourth-order valence-electron chi connectivity index (χ4n) is 2.78. The standard InChI is InChI=1S/C19H28N4O3S2/c1-5-23(6-2)16(15-7-8-27-11-15)10-20-18(24)12-28-14(4)19(25)21-17-9-13(3)26-22-17/h7-9,11,14,16H,5-6,10,12H2,1-4H3,(H,20,24)(H,21,22,25). The molecule has 0 saturated heterocycles. The van der Waals surface area contributed by atoms with E-state index in [4.69, 9.17) is 4.52 Å². The normalized spacial score (nSPS) is 13.3. The molecular formula is C19H28N4O3S2. The van der Waals surface area contributed by atoms with Crippen molar-refractivity contribution in [2.45, 2.75) is 39.0 Å². The molecule has 0 aliphatic heterocycles. The lowest BCUT2D eigenvalue weighted by atomic mass is 10.1. The maximum Gasteiger partial charge on any atom is 0.238 e. The zero-order chi connectivity index (χ0) is 20.5. The van der Waals surface area contributed by atoms with Gasteiger partial charge in [-0.25, -0.2) is 0 Å². The van der Waals surface area contributed by atoms with Gasteiger partial charge in [0, 0.05) is 12.6 Å². The van der Waals surface area contributed by atoms with Gasteiger partial charge in [-0.05, 0) is 49.3 Å². The lowest BCUT2D eigenvalue weighted by molar-refractivity contribution is -0.118. The number of aryl methyl sites for hydroxylation is 1. The highest BCUT2D eigenvalue weighted by Gasteiger charge is 2.20. The fraction of sp³-hybridized carbons (Fsp3) is 0.526. The SMILES string of the molecule is CCN(CC)C(CNC(=O)CSC(C)C(=O)Nc1cc(C)on1)c1ccsc1. The van der Waals surface area contributed by atoms with Crippen LogP contribution in [-0.2, 0) is 9.59 Å². The summed E-state index contributed by atoms with van der Waals surface area (Å²) in [5, 5.41) is 13.2. The zero-order valence-corrected chi connectivity index (χ0v) is 18.4. The van der Waals surface area contributed by atoms with Gasteiger partial charge in [-0.3, -0.25) is 14.5 Å². The third kappa shape index (κ3) is 6.65. The van der Waals surface area contributed by atoms with Gasteiger partial charge in [0.15, 0.2) is 5.82 Å². The Kier molecular flexibility index (Phi) is 9.01. The third-order valence-electron chi connectivity index (χ3n) is 4.39. The number of nitrogens with one attached hydrogen (secondary N) is 2. The maximum absolute atomic E-state index is 12.3. The van der Waals surface area contributed by atoms with Crippen molar-refractivity contribution in [3.8, 4) is 0 Å². The molecule has 0 aliphatic carbocycles. The maximum atomic E-state index is 12.3. The molecule has 154 valence electrons. The number of likely N-dealkylation sites (N-methyl/N-ethyl adjacent to an activating group) is 1. The second kappa shape index (κ2) is 11.2. The fourth-order valence-corrected chi connectivity index (χ4v) is 4.20. The van der Waals surface area contributed by atoms with Gasteiger partial charge in [-0.2, -0.15) is 11.3 Å². The minimum absolute atomic E-state index is 0.0747. The molecule has 28 heavy (non-hydrogen) atoms. The molecule has 0 bridgehead atoms. The number of thiophene rings is 1. The number of carbonyl (C=O) groups is 2. The van der Waals surface area contributed by atoms with Crippen molar-refractivity contribution in [1.82, 2.24) is 15.4 Å². The number of aromatic nitrogens is 1. The smallest absolute Gasteiger partial charge is 0.238 e. The molecule has 2 aromatic rings. The molecule has 2 rings (SSSR count). The molecule has 0 radical (unpaired) electrons. The van der Waals surface area contributed by atoms with Crippen molar-refractivity contribution in [3.05, 3.63) is 34.2 Å². The molecule has 2 atom stereocenters. The van der Waals surface area contributed by atoms with Crippen molar-refractivity contribution in [2.75, 3.05) is 30.7 Å². The summed E-state index contributed by atoms with van der Waals surface area (Å²) >= 11 is 2.95. The van der Waals surface area contributed by atoms with Gasteiger partial charge in [0.1, 0.15) is 5.76 Å². The van der Waals surface area contributed by atoms with Crippen LogP contribution in [0.4, 0.5) is 5.82 Å². The van der Waals surface area contributed by atoms with Crippen LogP contribution in [0.3, 0.4) is 0 Å².